The SMILES string of the molecule is CCNC(C)CC(=O)Nc1ccc(-c2nncn2C)cc1. The first-order valence-corrected chi connectivity index (χ1v) is 7.07. The molecule has 1 aromatic heterocycles. The summed E-state index contributed by atoms with van der Waals surface area (Å²) >= 11 is 0. The first-order valence-electron chi connectivity index (χ1n) is 7.07. The van der Waals surface area contributed by atoms with Gasteiger partial charge in [0, 0.05) is 30.8 Å². The van der Waals surface area contributed by atoms with E-state index in [0.29, 0.717) is 6.42 Å². The lowest BCUT2D eigenvalue weighted by Gasteiger charge is -2.12. The Morgan fingerprint density at radius 1 is 1.33 bits per heavy atom. The maximum absolute atomic E-state index is 11.9. The fourth-order valence-electron chi connectivity index (χ4n) is 2.16. The normalized spacial score (nSPS) is 12.1. The molecule has 0 fully saturated rings. The van der Waals surface area contributed by atoms with Crippen LogP contribution in [0.5, 0.6) is 0 Å². The van der Waals surface area contributed by atoms with Crippen molar-refractivity contribution in [1.82, 2.24) is 20.1 Å². The van der Waals surface area contributed by atoms with Crippen LogP contribution >= 0.6 is 0 Å². The number of aromatic nitrogens is 3. The Labute approximate surface area is 124 Å². The van der Waals surface area contributed by atoms with Crippen LogP contribution in [-0.4, -0.2) is 33.3 Å². The Kier molecular flexibility index (Phi) is 5.05. The van der Waals surface area contributed by atoms with Crippen molar-refractivity contribution in [1.29, 1.82) is 0 Å². The number of aryl methyl sites for hydroxylation is 1. The monoisotopic (exact) mass is 287 g/mol. The molecular formula is C15H21N5O. The summed E-state index contributed by atoms with van der Waals surface area (Å²) in [6, 6.07) is 7.77. The minimum Gasteiger partial charge on any atom is -0.326 e. The zero-order valence-corrected chi connectivity index (χ0v) is 12.6. The predicted molar refractivity (Wildman–Crippen MR) is 82.8 cm³/mol. The standard InChI is InChI=1S/C15H21N5O/c1-4-16-11(2)9-14(21)18-13-7-5-12(6-8-13)15-19-17-10-20(15)3/h5-8,10-11,16H,4,9H2,1-3H3,(H,18,21). The highest BCUT2D eigenvalue weighted by Gasteiger charge is 2.09. The highest BCUT2D eigenvalue weighted by Crippen LogP contribution is 2.18. The lowest BCUT2D eigenvalue weighted by molar-refractivity contribution is -0.116. The molecule has 0 aliphatic heterocycles. The highest BCUT2D eigenvalue weighted by atomic mass is 16.1. The van der Waals surface area contributed by atoms with Crippen LogP contribution in [0.25, 0.3) is 11.4 Å². The van der Waals surface area contributed by atoms with Crippen molar-refractivity contribution in [2.24, 2.45) is 7.05 Å². The molecule has 6 heteroatoms. The number of carbonyl (C=O) groups is 1. The first-order chi connectivity index (χ1) is 10.1. The van der Waals surface area contributed by atoms with Crippen LogP contribution in [0.4, 0.5) is 5.69 Å². The molecule has 1 amide bonds. The summed E-state index contributed by atoms with van der Waals surface area (Å²) in [5.74, 6) is 0.809. The Hall–Kier alpha value is -2.21. The topological polar surface area (TPSA) is 71.8 Å². The molecule has 6 nitrogen and oxygen atoms in total. The molecule has 0 spiro atoms. The summed E-state index contributed by atoms with van der Waals surface area (Å²) in [4.78, 5) is 11.9. The van der Waals surface area contributed by atoms with Gasteiger partial charge in [0.2, 0.25) is 5.91 Å². The third kappa shape index (κ3) is 4.13. The number of hydrogen-bond acceptors (Lipinski definition) is 4. The smallest absolute Gasteiger partial charge is 0.225 e. The molecule has 0 saturated heterocycles. The molecule has 112 valence electrons. The number of benzene rings is 1. The van der Waals surface area contributed by atoms with E-state index < -0.39 is 0 Å². The average molecular weight is 287 g/mol. The number of nitrogens with zero attached hydrogens (tertiary/aromatic N) is 3. The maximum Gasteiger partial charge on any atom is 0.225 e. The van der Waals surface area contributed by atoms with Crippen LogP contribution in [0, 0.1) is 0 Å². The van der Waals surface area contributed by atoms with Gasteiger partial charge in [-0.2, -0.15) is 0 Å². The Balaban J connectivity index is 1.97. The van der Waals surface area contributed by atoms with Gasteiger partial charge >= 0.3 is 0 Å². The molecule has 1 aromatic carbocycles. The second kappa shape index (κ2) is 6.99. The molecule has 0 aliphatic carbocycles. The molecule has 0 aliphatic rings. The van der Waals surface area contributed by atoms with Gasteiger partial charge in [0.15, 0.2) is 5.82 Å². The van der Waals surface area contributed by atoms with E-state index in [0.717, 1.165) is 23.6 Å². The van der Waals surface area contributed by atoms with Crippen molar-refractivity contribution in [2.45, 2.75) is 26.3 Å². The van der Waals surface area contributed by atoms with E-state index >= 15 is 0 Å². The van der Waals surface area contributed by atoms with E-state index in [-0.39, 0.29) is 11.9 Å². The third-order valence-corrected chi connectivity index (χ3v) is 3.18. The van der Waals surface area contributed by atoms with Gasteiger partial charge in [-0.25, -0.2) is 0 Å². The Morgan fingerprint density at radius 2 is 2.05 bits per heavy atom. The summed E-state index contributed by atoms with van der Waals surface area (Å²) < 4.78 is 1.85. The third-order valence-electron chi connectivity index (χ3n) is 3.18. The van der Waals surface area contributed by atoms with Gasteiger partial charge in [0.05, 0.1) is 0 Å². The van der Waals surface area contributed by atoms with E-state index in [1.807, 2.05) is 49.7 Å². The largest absolute Gasteiger partial charge is 0.326 e. The van der Waals surface area contributed by atoms with Gasteiger partial charge in [0.25, 0.3) is 0 Å². The van der Waals surface area contributed by atoms with E-state index in [4.69, 9.17) is 0 Å². The highest BCUT2D eigenvalue weighted by molar-refractivity contribution is 5.91. The van der Waals surface area contributed by atoms with E-state index in [1.165, 1.54) is 0 Å². The van der Waals surface area contributed by atoms with E-state index in [9.17, 15) is 4.79 Å². The van der Waals surface area contributed by atoms with Gasteiger partial charge in [-0.3, -0.25) is 4.79 Å². The quantitative estimate of drug-likeness (QED) is 0.850. The number of amides is 1. The summed E-state index contributed by atoms with van der Waals surface area (Å²) in [7, 11) is 1.90. The second-order valence-electron chi connectivity index (χ2n) is 5.05. The molecule has 2 rings (SSSR count). The summed E-state index contributed by atoms with van der Waals surface area (Å²) in [5, 5.41) is 14.0. The lowest BCUT2D eigenvalue weighted by atomic mass is 10.2. The summed E-state index contributed by atoms with van der Waals surface area (Å²) in [6.07, 6.45) is 2.12. The minimum atomic E-state index is 0.00913. The maximum atomic E-state index is 11.9. The second-order valence-corrected chi connectivity index (χ2v) is 5.05. The number of carbonyl (C=O) groups excluding carboxylic acids is 1. The molecule has 0 radical (unpaired) electrons. The minimum absolute atomic E-state index is 0.00913. The van der Waals surface area contributed by atoms with Gasteiger partial charge < -0.3 is 15.2 Å². The van der Waals surface area contributed by atoms with E-state index in [2.05, 4.69) is 20.8 Å². The lowest BCUT2D eigenvalue weighted by Crippen LogP contribution is -2.30. The number of hydrogen-bond donors (Lipinski definition) is 2. The van der Waals surface area contributed by atoms with Crippen LogP contribution in [0.3, 0.4) is 0 Å². The van der Waals surface area contributed by atoms with Crippen LogP contribution in [-0.2, 0) is 11.8 Å². The predicted octanol–water partition coefficient (Wildman–Crippen LogP) is 1.81. The molecule has 0 saturated carbocycles. The van der Waals surface area contributed by atoms with Crippen molar-refractivity contribution in [3.8, 4) is 11.4 Å². The van der Waals surface area contributed by atoms with Crippen LogP contribution in [0.2, 0.25) is 0 Å². The van der Waals surface area contributed by atoms with Crippen molar-refractivity contribution in [2.75, 3.05) is 11.9 Å². The molecule has 2 N–H and O–H groups in total. The van der Waals surface area contributed by atoms with Crippen molar-refractivity contribution < 1.29 is 4.79 Å². The van der Waals surface area contributed by atoms with Crippen molar-refractivity contribution in [3.63, 3.8) is 0 Å². The van der Waals surface area contributed by atoms with Crippen LogP contribution < -0.4 is 10.6 Å². The fraction of sp³-hybridized carbons (Fsp3) is 0.400. The molecule has 2 aromatic rings. The van der Waals surface area contributed by atoms with E-state index in [1.54, 1.807) is 6.33 Å². The summed E-state index contributed by atoms with van der Waals surface area (Å²) in [5.41, 5.74) is 1.75. The molecular weight excluding hydrogens is 266 g/mol. The number of rotatable bonds is 6. The van der Waals surface area contributed by atoms with Gasteiger partial charge in [-0.05, 0) is 37.7 Å². The summed E-state index contributed by atoms with van der Waals surface area (Å²) in [6.45, 7) is 4.89. The fourth-order valence-corrected chi connectivity index (χ4v) is 2.16. The van der Waals surface area contributed by atoms with Gasteiger partial charge in [0.1, 0.15) is 6.33 Å². The zero-order valence-electron chi connectivity index (χ0n) is 12.6. The zero-order chi connectivity index (χ0) is 15.2. The van der Waals surface area contributed by atoms with Gasteiger partial charge in [-0.1, -0.05) is 6.92 Å². The molecule has 21 heavy (non-hydrogen) atoms. The van der Waals surface area contributed by atoms with Crippen molar-refractivity contribution in [3.05, 3.63) is 30.6 Å². The van der Waals surface area contributed by atoms with Crippen LogP contribution in [0.1, 0.15) is 20.3 Å². The molecule has 1 unspecified atom stereocenters. The first kappa shape index (κ1) is 15.2. The Bertz CT molecular complexity index is 590. The molecule has 1 atom stereocenters. The van der Waals surface area contributed by atoms with Crippen molar-refractivity contribution >= 4 is 11.6 Å². The number of nitrogens with one attached hydrogen (secondary N) is 2. The van der Waals surface area contributed by atoms with Crippen LogP contribution in [0.15, 0.2) is 30.6 Å². The Morgan fingerprint density at radius 3 is 2.62 bits per heavy atom. The molecule has 0 bridgehead atoms. The molecule has 1 heterocycles. The number of anilines is 1. The van der Waals surface area contributed by atoms with Gasteiger partial charge in [-0.15, -0.1) is 10.2 Å². The average Bonchev–Trinajstić information content (AvgIpc) is 2.86.